The van der Waals surface area contributed by atoms with E-state index in [2.05, 4.69) is 0 Å². The molecule has 0 bridgehead atoms. The number of nitrogens with two attached hydrogens (primary N) is 2. The zero-order chi connectivity index (χ0) is 12.8. The Bertz CT molecular complexity index is 284. The lowest BCUT2D eigenvalue weighted by atomic mass is 10.1. The highest BCUT2D eigenvalue weighted by Crippen LogP contribution is 2.21. The molecular weight excluding hydrogens is 228 g/mol. The lowest BCUT2D eigenvalue weighted by Gasteiger charge is -2.30. The van der Waals surface area contributed by atoms with Crippen LogP contribution in [0.25, 0.3) is 0 Å². The third kappa shape index (κ3) is 4.68. The largest absolute Gasteiger partial charge is 0.394 e. The molecule has 1 rings (SSSR count). The molecule has 98 valence electrons. The fourth-order valence-corrected chi connectivity index (χ4v) is 1.68. The minimum absolute atomic E-state index is 0.100. The highest BCUT2D eigenvalue weighted by Gasteiger charge is 2.28. The molecule has 17 heavy (non-hydrogen) atoms. The van der Waals surface area contributed by atoms with E-state index in [9.17, 15) is 9.59 Å². The Morgan fingerprint density at radius 1 is 1.41 bits per heavy atom. The highest BCUT2D eigenvalue weighted by atomic mass is 16.7. The van der Waals surface area contributed by atoms with Crippen molar-refractivity contribution in [1.82, 2.24) is 0 Å². The van der Waals surface area contributed by atoms with Gasteiger partial charge in [-0.15, -0.1) is 0 Å². The zero-order valence-electron chi connectivity index (χ0n) is 9.50. The molecule has 1 saturated heterocycles. The van der Waals surface area contributed by atoms with Gasteiger partial charge in [0.2, 0.25) is 11.8 Å². The first-order valence-corrected chi connectivity index (χ1v) is 5.52. The lowest BCUT2D eigenvalue weighted by molar-refractivity contribution is -0.219. The molecule has 0 aromatic carbocycles. The summed E-state index contributed by atoms with van der Waals surface area (Å²) >= 11 is 0. The molecule has 1 heterocycles. The maximum Gasteiger partial charge on any atom is 0.247 e. The second-order valence-electron chi connectivity index (χ2n) is 4.00. The maximum absolute atomic E-state index is 11.0. The number of carbonyl (C=O) groups is 2. The van der Waals surface area contributed by atoms with Crippen molar-refractivity contribution in [1.29, 1.82) is 0 Å². The average Bonchev–Trinajstić information content (AvgIpc) is 2.27. The molecule has 3 atom stereocenters. The van der Waals surface area contributed by atoms with Gasteiger partial charge in [0.05, 0.1) is 19.1 Å². The molecule has 0 spiro atoms. The average molecular weight is 246 g/mol. The Kier molecular flexibility index (Phi) is 5.33. The van der Waals surface area contributed by atoms with E-state index in [1.54, 1.807) is 0 Å². The summed E-state index contributed by atoms with van der Waals surface area (Å²) in [6.07, 6.45) is -0.104. The molecule has 7 heteroatoms. The fourth-order valence-electron chi connectivity index (χ4n) is 1.68. The number of primary amides is 2. The summed E-state index contributed by atoms with van der Waals surface area (Å²) in [5.74, 6) is -1.41. The van der Waals surface area contributed by atoms with Crippen molar-refractivity contribution >= 4 is 11.8 Å². The predicted molar refractivity (Wildman–Crippen MR) is 57.5 cm³/mol. The number of ether oxygens (including phenoxy) is 2. The zero-order valence-corrected chi connectivity index (χ0v) is 9.50. The summed E-state index contributed by atoms with van der Waals surface area (Å²) in [4.78, 5) is 21.8. The second-order valence-corrected chi connectivity index (χ2v) is 4.00. The number of hydrogen-bond donors (Lipinski definition) is 3. The smallest absolute Gasteiger partial charge is 0.247 e. The molecule has 1 aliphatic rings. The molecule has 1 aliphatic heterocycles. The normalized spacial score (nSPS) is 26.4. The summed E-state index contributed by atoms with van der Waals surface area (Å²) < 4.78 is 10.7. The van der Waals surface area contributed by atoms with Crippen LogP contribution in [0.3, 0.4) is 0 Å². The van der Waals surface area contributed by atoms with E-state index in [1.807, 2.05) is 0 Å². The van der Waals surface area contributed by atoms with Crippen molar-refractivity contribution < 1.29 is 24.2 Å². The molecule has 2 amide bonds. The molecule has 0 aromatic heterocycles. The van der Waals surface area contributed by atoms with Gasteiger partial charge in [-0.1, -0.05) is 0 Å². The molecule has 0 aliphatic carbocycles. The quantitative estimate of drug-likeness (QED) is 0.532. The van der Waals surface area contributed by atoms with Crippen LogP contribution >= 0.6 is 0 Å². The van der Waals surface area contributed by atoms with Gasteiger partial charge in [0.1, 0.15) is 6.10 Å². The van der Waals surface area contributed by atoms with Crippen molar-refractivity contribution in [2.75, 3.05) is 6.61 Å². The molecule has 5 N–H and O–H groups in total. The van der Waals surface area contributed by atoms with E-state index in [1.165, 1.54) is 0 Å². The SMILES string of the molecule is NC(=O)CC(O[C@H]1CCCC(CO)O1)C(N)=O. The standard InChI is InChI=1S/C10H18N2O5/c11-8(14)4-7(10(12)15)17-9-3-1-2-6(5-13)16-9/h6-7,9,13H,1-5H2,(H2,11,14)(H2,12,15)/t6?,7?,9-/m0/s1. The first kappa shape index (κ1) is 13.9. The van der Waals surface area contributed by atoms with Crippen LogP contribution in [0.4, 0.5) is 0 Å². The van der Waals surface area contributed by atoms with Crippen LogP contribution < -0.4 is 11.5 Å². The molecular formula is C10H18N2O5. The van der Waals surface area contributed by atoms with Crippen molar-refractivity contribution in [3.05, 3.63) is 0 Å². The fraction of sp³-hybridized carbons (Fsp3) is 0.800. The van der Waals surface area contributed by atoms with Crippen LogP contribution in [0.1, 0.15) is 25.7 Å². The van der Waals surface area contributed by atoms with Gasteiger partial charge in [0.15, 0.2) is 6.29 Å². The van der Waals surface area contributed by atoms with Crippen LogP contribution in [-0.4, -0.2) is 42.0 Å². The monoisotopic (exact) mass is 246 g/mol. The van der Waals surface area contributed by atoms with Gasteiger partial charge in [-0.05, 0) is 19.3 Å². The predicted octanol–water partition coefficient (Wildman–Crippen LogP) is -1.38. The summed E-state index contributed by atoms with van der Waals surface area (Å²) in [5.41, 5.74) is 10.1. The van der Waals surface area contributed by atoms with Crippen molar-refractivity contribution in [2.24, 2.45) is 11.5 Å². The summed E-state index contributed by atoms with van der Waals surface area (Å²) in [7, 11) is 0. The molecule has 1 fully saturated rings. The minimum Gasteiger partial charge on any atom is -0.394 e. The Hall–Kier alpha value is -1.18. The van der Waals surface area contributed by atoms with E-state index < -0.39 is 24.2 Å². The van der Waals surface area contributed by atoms with Crippen LogP contribution in [-0.2, 0) is 19.1 Å². The number of amides is 2. The van der Waals surface area contributed by atoms with E-state index in [0.29, 0.717) is 6.42 Å². The number of aliphatic hydroxyl groups excluding tert-OH is 1. The Balaban J connectivity index is 2.48. The molecule has 7 nitrogen and oxygen atoms in total. The number of aliphatic hydroxyl groups is 1. The van der Waals surface area contributed by atoms with Gasteiger partial charge in [-0.2, -0.15) is 0 Å². The van der Waals surface area contributed by atoms with Gasteiger partial charge >= 0.3 is 0 Å². The maximum atomic E-state index is 11.0. The summed E-state index contributed by atoms with van der Waals surface area (Å²) in [6, 6.07) is 0. The van der Waals surface area contributed by atoms with Gasteiger partial charge in [0, 0.05) is 0 Å². The molecule has 2 unspecified atom stereocenters. The van der Waals surface area contributed by atoms with Crippen LogP contribution in [0.2, 0.25) is 0 Å². The Morgan fingerprint density at radius 3 is 2.65 bits per heavy atom. The van der Waals surface area contributed by atoms with Gasteiger partial charge < -0.3 is 26.0 Å². The second kappa shape index (κ2) is 6.53. The van der Waals surface area contributed by atoms with Crippen LogP contribution in [0.5, 0.6) is 0 Å². The number of rotatable bonds is 6. The van der Waals surface area contributed by atoms with Gasteiger partial charge in [-0.25, -0.2) is 0 Å². The van der Waals surface area contributed by atoms with E-state index in [-0.39, 0.29) is 19.1 Å². The minimum atomic E-state index is -1.07. The summed E-state index contributed by atoms with van der Waals surface area (Å²) in [6.45, 7) is -0.100. The Morgan fingerprint density at radius 2 is 2.12 bits per heavy atom. The van der Waals surface area contributed by atoms with Gasteiger partial charge in [-0.3, -0.25) is 9.59 Å². The van der Waals surface area contributed by atoms with E-state index in [4.69, 9.17) is 26.0 Å². The molecule has 0 aromatic rings. The van der Waals surface area contributed by atoms with Gasteiger partial charge in [0.25, 0.3) is 0 Å². The number of hydrogen-bond acceptors (Lipinski definition) is 5. The highest BCUT2D eigenvalue weighted by molar-refractivity contribution is 5.85. The van der Waals surface area contributed by atoms with Crippen molar-refractivity contribution in [2.45, 2.75) is 44.2 Å². The van der Waals surface area contributed by atoms with Crippen LogP contribution in [0.15, 0.2) is 0 Å². The topological polar surface area (TPSA) is 125 Å². The third-order valence-corrected chi connectivity index (χ3v) is 2.53. The van der Waals surface area contributed by atoms with Crippen LogP contribution in [0, 0.1) is 0 Å². The van der Waals surface area contributed by atoms with Crippen molar-refractivity contribution in [3.63, 3.8) is 0 Å². The van der Waals surface area contributed by atoms with E-state index >= 15 is 0 Å². The number of carbonyl (C=O) groups excluding carboxylic acids is 2. The third-order valence-electron chi connectivity index (χ3n) is 2.53. The van der Waals surface area contributed by atoms with Crippen molar-refractivity contribution in [3.8, 4) is 0 Å². The Labute approximate surface area is 99.0 Å². The lowest BCUT2D eigenvalue weighted by Crippen LogP contribution is -2.41. The summed E-state index contributed by atoms with van der Waals surface area (Å²) in [5, 5.41) is 8.95. The first-order valence-electron chi connectivity index (χ1n) is 5.52. The molecule has 0 radical (unpaired) electrons. The van der Waals surface area contributed by atoms with E-state index in [0.717, 1.165) is 12.8 Å². The molecule has 0 saturated carbocycles. The first-order chi connectivity index (χ1) is 8.02.